The fraction of sp³-hybridized carbons (Fsp3) is 0.588. The lowest BCUT2D eigenvalue weighted by atomic mass is 10.2. The van der Waals surface area contributed by atoms with Gasteiger partial charge in [-0.1, -0.05) is 44.2 Å². The third kappa shape index (κ3) is 6.74. The summed E-state index contributed by atoms with van der Waals surface area (Å²) in [4.78, 5) is 16.5. The van der Waals surface area contributed by atoms with Crippen LogP contribution in [0.4, 0.5) is 0 Å². The van der Waals surface area contributed by atoms with E-state index < -0.39 is 0 Å². The minimum atomic E-state index is 0.211. The molecule has 0 spiro atoms. The lowest BCUT2D eigenvalue weighted by Crippen LogP contribution is -2.42. The van der Waals surface area contributed by atoms with Gasteiger partial charge >= 0.3 is 0 Å². The van der Waals surface area contributed by atoms with Gasteiger partial charge in [-0.25, -0.2) is 0 Å². The van der Waals surface area contributed by atoms with E-state index in [1.54, 1.807) is 0 Å². The van der Waals surface area contributed by atoms with Crippen molar-refractivity contribution in [3.8, 4) is 0 Å². The van der Waals surface area contributed by atoms with E-state index in [2.05, 4.69) is 30.9 Å². The number of amides is 1. The molecule has 0 saturated carbocycles. The standard InChI is InChI=1S/C17H29N3O/c1-3-11-20(12-4-2)17(21)15-19(13-10-18)14-16-8-6-5-7-9-16/h5-9H,3-4,10-15,18H2,1-2H3. The van der Waals surface area contributed by atoms with Crippen molar-refractivity contribution in [3.05, 3.63) is 35.9 Å². The molecular weight excluding hydrogens is 262 g/mol. The molecule has 0 saturated heterocycles. The van der Waals surface area contributed by atoms with Gasteiger partial charge < -0.3 is 10.6 Å². The number of carbonyl (C=O) groups excluding carboxylic acids is 1. The van der Waals surface area contributed by atoms with Crippen LogP contribution >= 0.6 is 0 Å². The first-order valence-electron chi connectivity index (χ1n) is 7.95. The second-order valence-electron chi connectivity index (χ2n) is 5.37. The zero-order valence-corrected chi connectivity index (χ0v) is 13.4. The number of nitrogens with two attached hydrogens (primary N) is 1. The van der Waals surface area contributed by atoms with E-state index in [0.29, 0.717) is 13.1 Å². The molecule has 1 rings (SSSR count). The van der Waals surface area contributed by atoms with Crippen molar-refractivity contribution < 1.29 is 4.79 Å². The van der Waals surface area contributed by atoms with Crippen LogP contribution in [0.3, 0.4) is 0 Å². The molecule has 0 heterocycles. The lowest BCUT2D eigenvalue weighted by molar-refractivity contribution is -0.132. The van der Waals surface area contributed by atoms with Crippen LogP contribution in [0.15, 0.2) is 30.3 Å². The molecule has 0 aliphatic heterocycles. The Morgan fingerprint density at radius 3 is 2.19 bits per heavy atom. The maximum atomic E-state index is 12.4. The second kappa shape index (κ2) is 10.4. The number of hydrogen-bond acceptors (Lipinski definition) is 3. The monoisotopic (exact) mass is 291 g/mol. The first-order chi connectivity index (χ1) is 10.2. The largest absolute Gasteiger partial charge is 0.342 e. The number of rotatable bonds is 10. The van der Waals surface area contributed by atoms with Gasteiger partial charge in [0, 0.05) is 32.7 Å². The van der Waals surface area contributed by atoms with Gasteiger partial charge in [-0.2, -0.15) is 0 Å². The van der Waals surface area contributed by atoms with Crippen LogP contribution in [0.5, 0.6) is 0 Å². The molecule has 0 fully saturated rings. The summed E-state index contributed by atoms with van der Waals surface area (Å²) in [6.45, 7) is 8.44. The highest BCUT2D eigenvalue weighted by Crippen LogP contribution is 2.05. The summed E-state index contributed by atoms with van der Waals surface area (Å²) in [7, 11) is 0. The zero-order chi connectivity index (χ0) is 15.5. The number of carbonyl (C=O) groups is 1. The van der Waals surface area contributed by atoms with E-state index in [1.807, 2.05) is 23.1 Å². The van der Waals surface area contributed by atoms with Gasteiger partial charge in [0.25, 0.3) is 0 Å². The van der Waals surface area contributed by atoms with Crippen molar-refractivity contribution in [2.24, 2.45) is 5.73 Å². The Bertz CT molecular complexity index is 388. The maximum absolute atomic E-state index is 12.4. The SMILES string of the molecule is CCCN(CCC)C(=O)CN(CCN)Cc1ccccc1. The van der Waals surface area contributed by atoms with E-state index in [4.69, 9.17) is 5.73 Å². The van der Waals surface area contributed by atoms with E-state index in [-0.39, 0.29) is 5.91 Å². The Labute approximate surface area is 128 Å². The smallest absolute Gasteiger partial charge is 0.236 e. The molecular formula is C17H29N3O. The van der Waals surface area contributed by atoms with Crippen LogP contribution in [-0.2, 0) is 11.3 Å². The Kier molecular flexibility index (Phi) is 8.71. The molecule has 4 nitrogen and oxygen atoms in total. The fourth-order valence-electron chi connectivity index (χ4n) is 2.43. The van der Waals surface area contributed by atoms with Gasteiger partial charge in [0.15, 0.2) is 0 Å². The predicted molar refractivity (Wildman–Crippen MR) is 87.9 cm³/mol. The molecule has 4 heteroatoms. The Morgan fingerprint density at radius 1 is 1.05 bits per heavy atom. The van der Waals surface area contributed by atoms with Crippen LogP contribution in [0.1, 0.15) is 32.3 Å². The van der Waals surface area contributed by atoms with Crippen LogP contribution < -0.4 is 5.73 Å². The number of benzene rings is 1. The van der Waals surface area contributed by atoms with Crippen molar-refractivity contribution in [3.63, 3.8) is 0 Å². The predicted octanol–water partition coefficient (Wildman–Crippen LogP) is 2.10. The molecule has 0 aliphatic carbocycles. The highest BCUT2D eigenvalue weighted by atomic mass is 16.2. The topological polar surface area (TPSA) is 49.6 Å². The molecule has 1 aromatic carbocycles. The van der Waals surface area contributed by atoms with E-state index in [0.717, 1.165) is 39.0 Å². The van der Waals surface area contributed by atoms with Crippen LogP contribution in [0.2, 0.25) is 0 Å². The fourth-order valence-corrected chi connectivity index (χ4v) is 2.43. The second-order valence-corrected chi connectivity index (χ2v) is 5.37. The van der Waals surface area contributed by atoms with Crippen molar-refractivity contribution in [1.82, 2.24) is 9.80 Å². The molecule has 0 unspecified atom stereocenters. The Balaban J connectivity index is 2.61. The van der Waals surface area contributed by atoms with Gasteiger partial charge in [-0.15, -0.1) is 0 Å². The highest BCUT2D eigenvalue weighted by Gasteiger charge is 2.16. The summed E-state index contributed by atoms with van der Waals surface area (Å²) in [5.74, 6) is 0.211. The molecule has 1 aromatic rings. The zero-order valence-electron chi connectivity index (χ0n) is 13.4. The molecule has 0 atom stereocenters. The Hall–Kier alpha value is -1.39. The van der Waals surface area contributed by atoms with Gasteiger partial charge in [0.1, 0.15) is 0 Å². The summed E-state index contributed by atoms with van der Waals surface area (Å²) in [6, 6.07) is 10.2. The van der Waals surface area contributed by atoms with Gasteiger partial charge in [0.2, 0.25) is 5.91 Å². The summed E-state index contributed by atoms with van der Waals surface area (Å²) in [6.07, 6.45) is 2.00. The van der Waals surface area contributed by atoms with Gasteiger partial charge in [-0.05, 0) is 18.4 Å². The van der Waals surface area contributed by atoms with Crippen molar-refractivity contribution in [1.29, 1.82) is 0 Å². The van der Waals surface area contributed by atoms with Crippen LogP contribution in [0, 0.1) is 0 Å². The number of nitrogens with zero attached hydrogens (tertiary/aromatic N) is 2. The quantitative estimate of drug-likeness (QED) is 0.718. The van der Waals surface area contributed by atoms with E-state index in [1.165, 1.54) is 5.56 Å². The highest BCUT2D eigenvalue weighted by molar-refractivity contribution is 5.78. The summed E-state index contributed by atoms with van der Waals surface area (Å²) in [5.41, 5.74) is 6.90. The third-order valence-electron chi connectivity index (χ3n) is 3.39. The Morgan fingerprint density at radius 2 is 1.67 bits per heavy atom. The van der Waals surface area contributed by atoms with E-state index >= 15 is 0 Å². The maximum Gasteiger partial charge on any atom is 0.236 e. The molecule has 21 heavy (non-hydrogen) atoms. The average Bonchev–Trinajstić information content (AvgIpc) is 2.48. The summed E-state index contributed by atoms with van der Waals surface area (Å²) < 4.78 is 0. The molecule has 0 radical (unpaired) electrons. The molecule has 0 bridgehead atoms. The normalized spacial score (nSPS) is 10.9. The molecule has 1 amide bonds. The molecule has 2 N–H and O–H groups in total. The number of hydrogen-bond donors (Lipinski definition) is 1. The van der Waals surface area contributed by atoms with Crippen LogP contribution in [-0.4, -0.2) is 48.4 Å². The first kappa shape index (κ1) is 17.7. The van der Waals surface area contributed by atoms with E-state index in [9.17, 15) is 4.79 Å². The molecule has 0 aromatic heterocycles. The minimum absolute atomic E-state index is 0.211. The molecule has 118 valence electrons. The van der Waals surface area contributed by atoms with Crippen LogP contribution in [0.25, 0.3) is 0 Å². The van der Waals surface area contributed by atoms with Gasteiger partial charge in [-0.3, -0.25) is 9.69 Å². The first-order valence-corrected chi connectivity index (χ1v) is 7.95. The van der Waals surface area contributed by atoms with Crippen molar-refractivity contribution >= 4 is 5.91 Å². The van der Waals surface area contributed by atoms with Gasteiger partial charge in [0.05, 0.1) is 6.54 Å². The summed E-state index contributed by atoms with van der Waals surface area (Å²) >= 11 is 0. The molecule has 0 aliphatic rings. The lowest BCUT2D eigenvalue weighted by Gasteiger charge is -2.27. The summed E-state index contributed by atoms with van der Waals surface area (Å²) in [5, 5.41) is 0. The minimum Gasteiger partial charge on any atom is -0.342 e. The third-order valence-corrected chi connectivity index (χ3v) is 3.39. The van der Waals surface area contributed by atoms with Crippen molar-refractivity contribution in [2.75, 3.05) is 32.7 Å². The van der Waals surface area contributed by atoms with Crippen molar-refractivity contribution in [2.45, 2.75) is 33.2 Å². The average molecular weight is 291 g/mol.